The number of rotatable bonds is 2. The summed E-state index contributed by atoms with van der Waals surface area (Å²) in [5.74, 6) is 0.456. The summed E-state index contributed by atoms with van der Waals surface area (Å²) >= 11 is 3.50. The van der Waals surface area contributed by atoms with Crippen molar-refractivity contribution in [2.24, 2.45) is 5.92 Å². The second kappa shape index (κ2) is 5.13. The average Bonchev–Trinajstić information content (AvgIpc) is 2.30. The van der Waals surface area contributed by atoms with E-state index in [-0.39, 0.29) is 6.10 Å². The number of aliphatic hydroxyl groups is 1. The van der Waals surface area contributed by atoms with Crippen LogP contribution in [-0.2, 0) is 0 Å². The molecule has 0 amide bonds. The first kappa shape index (κ1) is 11.2. The van der Waals surface area contributed by atoms with Crippen LogP contribution in [0.4, 0.5) is 0 Å². The van der Waals surface area contributed by atoms with Crippen molar-refractivity contribution in [1.29, 1.82) is 0 Å². The van der Waals surface area contributed by atoms with Crippen LogP contribution in [-0.4, -0.2) is 5.11 Å². The molecule has 1 aliphatic rings. The molecule has 82 valence electrons. The third kappa shape index (κ3) is 2.61. The molecule has 1 saturated carbocycles. The van der Waals surface area contributed by atoms with Gasteiger partial charge < -0.3 is 5.11 Å². The maximum atomic E-state index is 10.3. The van der Waals surface area contributed by atoms with Crippen LogP contribution in [0.1, 0.15) is 43.8 Å². The summed E-state index contributed by atoms with van der Waals surface area (Å²) in [6, 6.07) is 8.00. The zero-order valence-electron chi connectivity index (χ0n) is 8.82. The molecule has 15 heavy (non-hydrogen) atoms. The molecule has 1 fully saturated rings. The van der Waals surface area contributed by atoms with Crippen LogP contribution in [0, 0.1) is 5.92 Å². The highest BCUT2D eigenvalue weighted by Gasteiger charge is 2.23. The van der Waals surface area contributed by atoms with E-state index in [1.165, 1.54) is 32.1 Å². The van der Waals surface area contributed by atoms with Gasteiger partial charge in [-0.25, -0.2) is 0 Å². The van der Waals surface area contributed by atoms with E-state index in [2.05, 4.69) is 15.9 Å². The van der Waals surface area contributed by atoms with E-state index in [9.17, 15) is 5.11 Å². The Morgan fingerprint density at radius 1 is 1.13 bits per heavy atom. The lowest BCUT2D eigenvalue weighted by molar-refractivity contribution is 0.0842. The molecule has 2 rings (SSSR count). The highest BCUT2D eigenvalue weighted by Crippen LogP contribution is 2.36. The zero-order valence-corrected chi connectivity index (χ0v) is 10.4. The van der Waals surface area contributed by atoms with Crippen molar-refractivity contribution >= 4 is 15.9 Å². The Morgan fingerprint density at radius 3 is 2.47 bits per heavy atom. The summed E-state index contributed by atoms with van der Waals surface area (Å²) in [6.07, 6.45) is 5.92. The highest BCUT2D eigenvalue weighted by atomic mass is 79.9. The van der Waals surface area contributed by atoms with Gasteiger partial charge >= 0.3 is 0 Å². The molecular weight excluding hydrogens is 252 g/mol. The van der Waals surface area contributed by atoms with Gasteiger partial charge in [0, 0.05) is 4.47 Å². The molecule has 0 radical (unpaired) electrons. The molecule has 0 aliphatic heterocycles. The van der Waals surface area contributed by atoms with Crippen molar-refractivity contribution in [2.45, 2.75) is 38.2 Å². The van der Waals surface area contributed by atoms with Crippen LogP contribution >= 0.6 is 15.9 Å². The first-order valence-electron chi connectivity index (χ1n) is 5.71. The Morgan fingerprint density at radius 2 is 1.80 bits per heavy atom. The van der Waals surface area contributed by atoms with E-state index in [4.69, 9.17) is 0 Å². The van der Waals surface area contributed by atoms with Crippen LogP contribution in [0.5, 0.6) is 0 Å². The largest absolute Gasteiger partial charge is 0.388 e. The molecule has 1 nitrogen and oxygen atoms in total. The Kier molecular flexibility index (Phi) is 3.81. The molecule has 0 unspecified atom stereocenters. The minimum atomic E-state index is -0.291. The summed E-state index contributed by atoms with van der Waals surface area (Å²) in [5, 5.41) is 10.3. The normalized spacial score (nSPS) is 20.1. The molecule has 1 aliphatic carbocycles. The molecule has 1 aromatic carbocycles. The van der Waals surface area contributed by atoms with E-state index in [1.54, 1.807) is 0 Å². The molecule has 1 aromatic rings. The molecule has 0 bridgehead atoms. The Bertz CT molecular complexity index is 318. The Balaban J connectivity index is 2.12. The molecular formula is C13H17BrO. The van der Waals surface area contributed by atoms with Gasteiger partial charge in [0.2, 0.25) is 0 Å². The lowest BCUT2D eigenvalue weighted by Gasteiger charge is -2.27. The van der Waals surface area contributed by atoms with E-state index in [1.807, 2.05) is 24.3 Å². The Hall–Kier alpha value is -0.340. The first-order chi connectivity index (χ1) is 7.29. The molecule has 1 atom stereocenters. The minimum Gasteiger partial charge on any atom is -0.388 e. The predicted octanol–water partition coefficient (Wildman–Crippen LogP) is 4.06. The lowest BCUT2D eigenvalue weighted by Crippen LogP contribution is -2.16. The molecule has 0 spiro atoms. The topological polar surface area (TPSA) is 20.2 Å². The van der Waals surface area contributed by atoms with Gasteiger partial charge in [-0.1, -0.05) is 53.4 Å². The number of halogens is 1. The molecule has 0 heterocycles. The van der Waals surface area contributed by atoms with E-state index < -0.39 is 0 Å². The summed E-state index contributed by atoms with van der Waals surface area (Å²) < 4.78 is 1.03. The Labute approximate surface area is 99.6 Å². The van der Waals surface area contributed by atoms with Gasteiger partial charge in [0.15, 0.2) is 0 Å². The molecule has 1 N–H and O–H groups in total. The van der Waals surface area contributed by atoms with Gasteiger partial charge in [-0.15, -0.1) is 0 Å². The van der Waals surface area contributed by atoms with Crippen molar-refractivity contribution < 1.29 is 5.11 Å². The third-order valence-corrected chi connectivity index (χ3v) is 4.04. The third-order valence-electron chi connectivity index (χ3n) is 3.32. The summed E-state index contributed by atoms with van der Waals surface area (Å²) in [5.41, 5.74) is 1.05. The van der Waals surface area contributed by atoms with Crippen molar-refractivity contribution in [3.8, 4) is 0 Å². The van der Waals surface area contributed by atoms with Gasteiger partial charge in [-0.3, -0.25) is 0 Å². The lowest BCUT2D eigenvalue weighted by atomic mass is 9.83. The van der Waals surface area contributed by atoms with E-state index in [0.717, 1.165) is 10.0 Å². The van der Waals surface area contributed by atoms with Crippen LogP contribution < -0.4 is 0 Å². The fraction of sp³-hybridized carbons (Fsp3) is 0.538. The summed E-state index contributed by atoms with van der Waals surface area (Å²) in [6.45, 7) is 0. The predicted molar refractivity (Wildman–Crippen MR) is 65.7 cm³/mol. The second-order valence-electron chi connectivity index (χ2n) is 4.36. The zero-order chi connectivity index (χ0) is 10.7. The second-order valence-corrected chi connectivity index (χ2v) is 5.22. The van der Waals surface area contributed by atoms with Gasteiger partial charge in [0.1, 0.15) is 0 Å². The molecule has 0 saturated heterocycles. The van der Waals surface area contributed by atoms with E-state index >= 15 is 0 Å². The van der Waals surface area contributed by atoms with Crippen LogP contribution in [0.25, 0.3) is 0 Å². The minimum absolute atomic E-state index is 0.291. The van der Waals surface area contributed by atoms with Crippen LogP contribution in [0.2, 0.25) is 0 Å². The van der Waals surface area contributed by atoms with Gasteiger partial charge in [-0.2, -0.15) is 0 Å². The quantitative estimate of drug-likeness (QED) is 0.858. The fourth-order valence-corrected chi connectivity index (χ4v) is 2.94. The van der Waals surface area contributed by atoms with Crippen molar-refractivity contribution in [3.05, 3.63) is 34.3 Å². The van der Waals surface area contributed by atoms with Gasteiger partial charge in [0.25, 0.3) is 0 Å². The smallest absolute Gasteiger partial charge is 0.0829 e. The summed E-state index contributed by atoms with van der Waals surface area (Å²) in [4.78, 5) is 0. The van der Waals surface area contributed by atoms with Crippen molar-refractivity contribution in [1.82, 2.24) is 0 Å². The SMILES string of the molecule is O[C@H](c1ccccc1Br)C1CCCCC1. The first-order valence-corrected chi connectivity index (χ1v) is 6.51. The average molecular weight is 269 g/mol. The number of benzene rings is 1. The van der Waals surface area contributed by atoms with Gasteiger partial charge in [0.05, 0.1) is 6.10 Å². The highest BCUT2D eigenvalue weighted by molar-refractivity contribution is 9.10. The standard InChI is InChI=1S/C13H17BrO/c14-12-9-5-4-8-11(12)13(15)10-6-2-1-3-7-10/h4-5,8-10,13,15H,1-3,6-7H2/t13-/m0/s1. The van der Waals surface area contributed by atoms with Crippen molar-refractivity contribution in [2.75, 3.05) is 0 Å². The molecule has 0 aromatic heterocycles. The number of hydrogen-bond acceptors (Lipinski definition) is 1. The number of aliphatic hydroxyl groups excluding tert-OH is 1. The fourth-order valence-electron chi connectivity index (χ4n) is 2.42. The van der Waals surface area contributed by atoms with Crippen LogP contribution in [0.3, 0.4) is 0 Å². The van der Waals surface area contributed by atoms with E-state index in [0.29, 0.717) is 5.92 Å². The number of hydrogen-bond donors (Lipinski definition) is 1. The maximum absolute atomic E-state index is 10.3. The maximum Gasteiger partial charge on any atom is 0.0829 e. The monoisotopic (exact) mass is 268 g/mol. The molecule has 2 heteroatoms. The summed E-state index contributed by atoms with van der Waals surface area (Å²) in [7, 11) is 0. The van der Waals surface area contributed by atoms with Crippen LogP contribution in [0.15, 0.2) is 28.7 Å². The van der Waals surface area contributed by atoms with Crippen molar-refractivity contribution in [3.63, 3.8) is 0 Å². The van der Waals surface area contributed by atoms with Gasteiger partial charge in [-0.05, 0) is 30.4 Å².